The number of nitrogens with zero attached hydrogens (tertiary/aromatic N) is 1. The number of hydrogen-bond acceptors (Lipinski definition) is 5. The third-order valence-corrected chi connectivity index (χ3v) is 6.22. The molecule has 0 saturated carbocycles. The minimum atomic E-state index is -0.497. The van der Waals surface area contributed by atoms with Crippen LogP contribution < -0.4 is 15.0 Å². The van der Waals surface area contributed by atoms with Gasteiger partial charge in [-0.25, -0.2) is 4.90 Å². The highest BCUT2D eigenvalue weighted by Crippen LogP contribution is 2.40. The predicted molar refractivity (Wildman–Crippen MR) is 125 cm³/mol. The van der Waals surface area contributed by atoms with Gasteiger partial charge >= 0.3 is 0 Å². The second-order valence-electron chi connectivity index (χ2n) is 6.49. The van der Waals surface area contributed by atoms with Crippen molar-refractivity contribution in [3.63, 3.8) is 0 Å². The average molecular weight is 471 g/mol. The molecule has 3 aromatic carbocycles. The van der Waals surface area contributed by atoms with Crippen molar-refractivity contribution in [2.45, 2.75) is 4.90 Å². The van der Waals surface area contributed by atoms with E-state index in [0.29, 0.717) is 27.2 Å². The van der Waals surface area contributed by atoms with E-state index >= 15 is 0 Å². The van der Waals surface area contributed by atoms with Crippen LogP contribution in [0.4, 0.5) is 11.4 Å². The summed E-state index contributed by atoms with van der Waals surface area (Å²) in [5.74, 6) is -0.441. The Labute approximate surface area is 193 Å². The Morgan fingerprint density at radius 1 is 0.871 bits per heavy atom. The second kappa shape index (κ2) is 9.06. The highest BCUT2D eigenvalue weighted by molar-refractivity contribution is 8.04. The first kappa shape index (κ1) is 21.3. The number of ether oxygens (including phenoxy) is 1. The molecule has 1 heterocycles. The van der Waals surface area contributed by atoms with Crippen LogP contribution in [0.15, 0.2) is 88.3 Å². The molecule has 0 bridgehead atoms. The van der Waals surface area contributed by atoms with Gasteiger partial charge in [-0.05, 0) is 42.5 Å². The van der Waals surface area contributed by atoms with E-state index in [2.05, 4.69) is 5.32 Å². The van der Waals surface area contributed by atoms with Crippen molar-refractivity contribution in [2.24, 2.45) is 0 Å². The molecular weight excluding hydrogens is 455 g/mol. The van der Waals surface area contributed by atoms with Crippen molar-refractivity contribution in [3.8, 4) is 5.75 Å². The maximum Gasteiger partial charge on any atom is 0.283 e. The van der Waals surface area contributed by atoms with Gasteiger partial charge in [0.1, 0.15) is 16.4 Å². The number of thioether (sulfide) groups is 1. The van der Waals surface area contributed by atoms with E-state index in [1.54, 1.807) is 42.5 Å². The van der Waals surface area contributed by atoms with Crippen LogP contribution in [0, 0.1) is 0 Å². The number of methoxy groups -OCH3 is 1. The van der Waals surface area contributed by atoms with E-state index in [9.17, 15) is 9.59 Å². The van der Waals surface area contributed by atoms with Crippen LogP contribution in [0.25, 0.3) is 0 Å². The molecule has 0 saturated heterocycles. The topological polar surface area (TPSA) is 58.6 Å². The summed E-state index contributed by atoms with van der Waals surface area (Å²) in [4.78, 5) is 28.8. The summed E-state index contributed by atoms with van der Waals surface area (Å²) in [5, 5.41) is 3.75. The second-order valence-corrected chi connectivity index (χ2v) is 8.39. The molecule has 156 valence electrons. The number of imide groups is 1. The molecule has 5 nitrogen and oxygen atoms in total. The fraction of sp³-hybridized carbons (Fsp3) is 0.0435. The van der Waals surface area contributed by atoms with E-state index in [4.69, 9.17) is 27.9 Å². The van der Waals surface area contributed by atoms with Crippen molar-refractivity contribution < 1.29 is 14.3 Å². The third kappa shape index (κ3) is 4.28. The minimum absolute atomic E-state index is 0.153. The largest absolute Gasteiger partial charge is 0.495 e. The lowest BCUT2D eigenvalue weighted by Crippen LogP contribution is -2.32. The molecule has 0 radical (unpaired) electrons. The SMILES string of the molecule is COc1ccc(NC2=C(Sc3ccccc3)C(=O)N(c3ccccc3Cl)C2=O)cc1Cl. The number of benzene rings is 3. The normalized spacial score (nSPS) is 13.7. The number of hydrogen-bond donors (Lipinski definition) is 1. The van der Waals surface area contributed by atoms with Crippen LogP contribution in [0.1, 0.15) is 0 Å². The lowest BCUT2D eigenvalue weighted by atomic mass is 10.2. The van der Waals surface area contributed by atoms with Gasteiger partial charge in [0.15, 0.2) is 0 Å². The molecule has 3 aromatic rings. The Bertz CT molecular complexity index is 1200. The molecule has 0 atom stereocenters. The number of para-hydroxylation sites is 1. The Balaban J connectivity index is 1.76. The molecule has 0 fully saturated rings. The van der Waals surface area contributed by atoms with Gasteiger partial charge < -0.3 is 10.1 Å². The molecule has 2 amide bonds. The van der Waals surface area contributed by atoms with Crippen molar-refractivity contribution in [1.82, 2.24) is 0 Å². The van der Waals surface area contributed by atoms with Crippen LogP contribution >= 0.6 is 35.0 Å². The van der Waals surface area contributed by atoms with E-state index in [0.717, 1.165) is 9.80 Å². The summed E-state index contributed by atoms with van der Waals surface area (Å²) in [5.41, 5.74) is 1.03. The zero-order valence-corrected chi connectivity index (χ0v) is 18.6. The monoisotopic (exact) mass is 470 g/mol. The smallest absolute Gasteiger partial charge is 0.283 e. The number of carbonyl (C=O) groups excluding carboxylic acids is 2. The lowest BCUT2D eigenvalue weighted by molar-refractivity contribution is -0.120. The fourth-order valence-corrected chi connectivity index (χ4v) is 4.49. The van der Waals surface area contributed by atoms with Crippen LogP contribution in [-0.2, 0) is 9.59 Å². The molecule has 31 heavy (non-hydrogen) atoms. The van der Waals surface area contributed by atoms with Crippen LogP contribution in [0.5, 0.6) is 5.75 Å². The highest BCUT2D eigenvalue weighted by atomic mass is 35.5. The van der Waals surface area contributed by atoms with E-state index in [1.807, 2.05) is 30.3 Å². The number of nitrogens with one attached hydrogen (secondary N) is 1. The fourth-order valence-electron chi connectivity index (χ4n) is 3.06. The molecular formula is C23H16Cl2N2O3S. The maximum absolute atomic E-state index is 13.3. The quantitative estimate of drug-likeness (QED) is 0.448. The first-order valence-corrected chi connectivity index (χ1v) is 10.8. The first-order chi connectivity index (χ1) is 15.0. The van der Waals surface area contributed by atoms with Gasteiger partial charge in [0.25, 0.3) is 11.8 Å². The summed E-state index contributed by atoms with van der Waals surface area (Å²) in [7, 11) is 1.52. The van der Waals surface area contributed by atoms with E-state index in [1.165, 1.54) is 18.9 Å². The Morgan fingerprint density at radius 3 is 2.26 bits per heavy atom. The molecule has 1 N–H and O–H groups in total. The van der Waals surface area contributed by atoms with Crippen LogP contribution in [0.2, 0.25) is 10.0 Å². The van der Waals surface area contributed by atoms with E-state index in [-0.39, 0.29) is 10.6 Å². The molecule has 1 aliphatic heterocycles. The molecule has 8 heteroatoms. The van der Waals surface area contributed by atoms with Crippen molar-refractivity contribution in [3.05, 3.63) is 93.4 Å². The Morgan fingerprint density at radius 2 is 1.58 bits per heavy atom. The number of anilines is 2. The maximum atomic E-state index is 13.3. The van der Waals surface area contributed by atoms with Crippen molar-refractivity contribution >= 4 is 58.2 Å². The van der Waals surface area contributed by atoms with Crippen molar-refractivity contribution in [1.29, 1.82) is 0 Å². The summed E-state index contributed by atoms with van der Waals surface area (Å²) >= 11 is 13.7. The summed E-state index contributed by atoms with van der Waals surface area (Å²) in [6.45, 7) is 0. The Hall–Kier alpha value is -2.93. The molecule has 0 unspecified atom stereocenters. The number of rotatable bonds is 6. The van der Waals surface area contributed by atoms with Crippen LogP contribution in [0.3, 0.4) is 0 Å². The number of carbonyl (C=O) groups is 2. The van der Waals surface area contributed by atoms with Gasteiger partial charge in [-0.15, -0.1) is 0 Å². The summed E-state index contributed by atoms with van der Waals surface area (Å²) in [6, 6.07) is 21.1. The summed E-state index contributed by atoms with van der Waals surface area (Å²) in [6.07, 6.45) is 0. The van der Waals surface area contributed by atoms with Gasteiger partial charge in [-0.2, -0.15) is 0 Å². The van der Waals surface area contributed by atoms with Gasteiger partial charge in [0.05, 0.1) is 22.8 Å². The lowest BCUT2D eigenvalue weighted by Gasteiger charge is -2.16. The average Bonchev–Trinajstić information content (AvgIpc) is 2.99. The van der Waals surface area contributed by atoms with Crippen molar-refractivity contribution in [2.75, 3.05) is 17.3 Å². The standard InChI is InChI=1S/C23H16Cl2N2O3S/c1-30-19-12-11-14(13-17(19)25)26-20-21(31-15-7-3-2-4-8-15)23(29)27(22(20)28)18-10-6-5-9-16(18)24/h2-13,26H,1H3. The molecule has 0 aromatic heterocycles. The van der Waals surface area contributed by atoms with Gasteiger partial charge in [-0.1, -0.05) is 65.3 Å². The molecule has 0 spiro atoms. The van der Waals surface area contributed by atoms with Gasteiger partial charge in [0.2, 0.25) is 0 Å². The Kier molecular flexibility index (Phi) is 6.23. The zero-order valence-electron chi connectivity index (χ0n) is 16.3. The first-order valence-electron chi connectivity index (χ1n) is 9.20. The molecule has 0 aliphatic carbocycles. The highest BCUT2D eigenvalue weighted by Gasteiger charge is 2.41. The minimum Gasteiger partial charge on any atom is -0.495 e. The van der Waals surface area contributed by atoms with E-state index < -0.39 is 11.8 Å². The zero-order chi connectivity index (χ0) is 22.0. The number of amides is 2. The molecule has 1 aliphatic rings. The summed E-state index contributed by atoms with van der Waals surface area (Å²) < 4.78 is 5.18. The van der Waals surface area contributed by atoms with Gasteiger partial charge in [0, 0.05) is 10.6 Å². The molecule has 4 rings (SSSR count). The van der Waals surface area contributed by atoms with Crippen LogP contribution in [-0.4, -0.2) is 18.9 Å². The predicted octanol–water partition coefficient (Wildman–Crippen LogP) is 5.99. The number of halogens is 2. The van der Waals surface area contributed by atoms with Gasteiger partial charge in [-0.3, -0.25) is 9.59 Å². The third-order valence-electron chi connectivity index (χ3n) is 4.52.